The summed E-state index contributed by atoms with van der Waals surface area (Å²) in [5.74, 6) is 0. The molecule has 0 amide bonds. The largest absolute Gasteiger partial charge is 0.309 e. The van der Waals surface area contributed by atoms with E-state index in [1.807, 2.05) is 17.8 Å². The molecule has 1 aromatic carbocycles. The Hall–Kier alpha value is -1.78. The highest BCUT2D eigenvalue weighted by atomic mass is 32.1. The summed E-state index contributed by atoms with van der Waals surface area (Å²) in [7, 11) is 0. The van der Waals surface area contributed by atoms with Gasteiger partial charge in [0.15, 0.2) is 0 Å². The van der Waals surface area contributed by atoms with Crippen molar-refractivity contribution in [2.75, 3.05) is 6.54 Å². The zero-order chi connectivity index (χ0) is 13.8. The Morgan fingerprint density at radius 3 is 2.85 bits per heavy atom. The van der Waals surface area contributed by atoms with Crippen molar-refractivity contribution < 1.29 is 0 Å². The van der Waals surface area contributed by atoms with Crippen LogP contribution in [0.15, 0.2) is 48.1 Å². The van der Waals surface area contributed by atoms with Gasteiger partial charge in [-0.3, -0.25) is 4.98 Å². The number of nitrogens with one attached hydrogen (secondary N) is 1. The second kappa shape index (κ2) is 6.11. The first kappa shape index (κ1) is 13.2. The minimum absolute atomic E-state index is 0.206. The molecule has 3 aromatic rings. The van der Waals surface area contributed by atoms with E-state index in [2.05, 4.69) is 52.5 Å². The van der Waals surface area contributed by atoms with Crippen LogP contribution in [-0.2, 0) is 6.42 Å². The number of fused-ring (bicyclic) bond motifs is 1. The van der Waals surface area contributed by atoms with Gasteiger partial charge in [-0.15, -0.1) is 11.3 Å². The van der Waals surface area contributed by atoms with Crippen molar-refractivity contribution in [3.05, 3.63) is 58.8 Å². The molecule has 102 valence electrons. The monoisotopic (exact) mass is 283 g/mol. The molecule has 0 aliphatic heterocycles. The molecule has 1 unspecified atom stereocenters. The molecule has 3 rings (SSSR count). The van der Waals surface area contributed by atoms with E-state index in [9.17, 15) is 0 Å². The van der Waals surface area contributed by atoms with E-state index < -0.39 is 0 Å². The van der Waals surface area contributed by atoms with Gasteiger partial charge in [0.2, 0.25) is 0 Å². The summed E-state index contributed by atoms with van der Waals surface area (Å²) in [6, 6.07) is 10.7. The SMILES string of the molecule is CCNC(Cc1nccs1)c1nccc2ccccc12. The standard InChI is InChI=1S/C16H17N3S/c1-2-17-14(11-15-18-9-10-20-15)16-13-6-4-3-5-12(13)7-8-19-16/h3-10,14,17H,2,11H2,1H3. The van der Waals surface area contributed by atoms with E-state index in [-0.39, 0.29) is 6.04 Å². The maximum absolute atomic E-state index is 4.62. The van der Waals surface area contributed by atoms with Gasteiger partial charge in [0.1, 0.15) is 0 Å². The number of likely N-dealkylation sites (N-methyl/N-ethyl adjacent to an activating group) is 1. The average molecular weight is 283 g/mol. The Bertz CT molecular complexity index is 674. The smallest absolute Gasteiger partial charge is 0.0944 e. The number of pyridine rings is 1. The first-order valence-electron chi connectivity index (χ1n) is 6.84. The fraction of sp³-hybridized carbons (Fsp3) is 0.250. The van der Waals surface area contributed by atoms with Gasteiger partial charge in [-0.1, -0.05) is 31.2 Å². The van der Waals surface area contributed by atoms with E-state index in [0.29, 0.717) is 0 Å². The van der Waals surface area contributed by atoms with Gasteiger partial charge >= 0.3 is 0 Å². The van der Waals surface area contributed by atoms with Crippen LogP contribution in [0.4, 0.5) is 0 Å². The number of aromatic nitrogens is 2. The number of nitrogens with zero attached hydrogens (tertiary/aromatic N) is 2. The van der Waals surface area contributed by atoms with E-state index in [1.165, 1.54) is 10.8 Å². The third-order valence-corrected chi connectivity index (χ3v) is 4.15. The van der Waals surface area contributed by atoms with Gasteiger partial charge in [0.25, 0.3) is 0 Å². The highest BCUT2D eigenvalue weighted by Crippen LogP contribution is 2.25. The second-order valence-corrected chi connectivity index (χ2v) is 5.64. The molecule has 0 radical (unpaired) electrons. The summed E-state index contributed by atoms with van der Waals surface area (Å²) in [5.41, 5.74) is 1.11. The molecule has 4 heteroatoms. The minimum atomic E-state index is 0.206. The Balaban J connectivity index is 2.00. The van der Waals surface area contributed by atoms with Crippen molar-refractivity contribution >= 4 is 22.1 Å². The number of hydrogen-bond acceptors (Lipinski definition) is 4. The Kier molecular flexibility index (Phi) is 4.04. The predicted octanol–water partition coefficient (Wildman–Crippen LogP) is 3.58. The van der Waals surface area contributed by atoms with E-state index in [4.69, 9.17) is 0 Å². The lowest BCUT2D eigenvalue weighted by atomic mass is 10.0. The summed E-state index contributed by atoms with van der Waals surface area (Å²) < 4.78 is 0. The Labute approximate surface area is 122 Å². The fourth-order valence-electron chi connectivity index (χ4n) is 2.46. The molecule has 1 N–H and O–H groups in total. The molecular weight excluding hydrogens is 266 g/mol. The average Bonchev–Trinajstić information content (AvgIpc) is 2.99. The molecule has 3 nitrogen and oxygen atoms in total. The molecule has 0 aliphatic carbocycles. The van der Waals surface area contributed by atoms with Gasteiger partial charge < -0.3 is 5.32 Å². The van der Waals surface area contributed by atoms with Crippen LogP contribution in [0.5, 0.6) is 0 Å². The molecule has 0 bridgehead atoms. The van der Waals surface area contributed by atoms with Gasteiger partial charge in [0.05, 0.1) is 16.7 Å². The third kappa shape index (κ3) is 2.71. The van der Waals surface area contributed by atoms with E-state index >= 15 is 0 Å². The summed E-state index contributed by atoms with van der Waals surface area (Å²) in [6.45, 7) is 3.04. The number of thiazole rings is 1. The minimum Gasteiger partial charge on any atom is -0.309 e. The lowest BCUT2D eigenvalue weighted by molar-refractivity contribution is 0.540. The Morgan fingerprint density at radius 2 is 2.05 bits per heavy atom. The molecule has 0 aliphatic rings. The highest BCUT2D eigenvalue weighted by molar-refractivity contribution is 7.09. The second-order valence-electron chi connectivity index (χ2n) is 4.66. The molecule has 0 spiro atoms. The van der Waals surface area contributed by atoms with E-state index in [0.717, 1.165) is 23.7 Å². The molecular formula is C16H17N3S. The lowest BCUT2D eigenvalue weighted by Crippen LogP contribution is -2.24. The predicted molar refractivity (Wildman–Crippen MR) is 84.0 cm³/mol. The van der Waals surface area contributed by atoms with Crippen molar-refractivity contribution in [3.63, 3.8) is 0 Å². The van der Waals surface area contributed by atoms with Crippen molar-refractivity contribution in [1.29, 1.82) is 0 Å². The molecule has 0 saturated heterocycles. The van der Waals surface area contributed by atoms with Crippen LogP contribution in [0.25, 0.3) is 10.8 Å². The van der Waals surface area contributed by atoms with Crippen LogP contribution in [0.3, 0.4) is 0 Å². The number of rotatable bonds is 5. The molecule has 2 heterocycles. The topological polar surface area (TPSA) is 37.8 Å². The molecule has 0 fully saturated rings. The van der Waals surface area contributed by atoms with Gasteiger partial charge in [-0.05, 0) is 18.0 Å². The molecule has 1 atom stereocenters. The zero-order valence-electron chi connectivity index (χ0n) is 11.4. The first-order valence-corrected chi connectivity index (χ1v) is 7.72. The summed E-state index contributed by atoms with van der Waals surface area (Å²) in [6.07, 6.45) is 4.63. The number of benzene rings is 1. The normalized spacial score (nSPS) is 12.7. The van der Waals surface area contributed by atoms with Crippen LogP contribution in [0.1, 0.15) is 23.7 Å². The van der Waals surface area contributed by atoms with Gasteiger partial charge in [-0.2, -0.15) is 0 Å². The Morgan fingerprint density at radius 1 is 1.15 bits per heavy atom. The van der Waals surface area contributed by atoms with Crippen molar-refractivity contribution in [2.24, 2.45) is 0 Å². The first-order chi connectivity index (χ1) is 9.88. The van der Waals surface area contributed by atoms with Crippen LogP contribution in [-0.4, -0.2) is 16.5 Å². The summed E-state index contributed by atoms with van der Waals surface area (Å²) >= 11 is 1.70. The highest BCUT2D eigenvalue weighted by Gasteiger charge is 2.16. The van der Waals surface area contributed by atoms with Gasteiger partial charge in [0, 0.05) is 29.6 Å². The van der Waals surface area contributed by atoms with Crippen LogP contribution < -0.4 is 5.32 Å². The number of hydrogen-bond donors (Lipinski definition) is 1. The summed E-state index contributed by atoms with van der Waals surface area (Å²) in [5, 5.41) is 9.16. The van der Waals surface area contributed by atoms with Crippen molar-refractivity contribution in [2.45, 2.75) is 19.4 Å². The summed E-state index contributed by atoms with van der Waals surface area (Å²) in [4.78, 5) is 9.02. The van der Waals surface area contributed by atoms with Crippen molar-refractivity contribution in [1.82, 2.24) is 15.3 Å². The maximum atomic E-state index is 4.62. The fourth-order valence-corrected chi connectivity index (χ4v) is 3.12. The van der Waals surface area contributed by atoms with E-state index in [1.54, 1.807) is 11.3 Å². The van der Waals surface area contributed by atoms with Crippen molar-refractivity contribution in [3.8, 4) is 0 Å². The molecule has 20 heavy (non-hydrogen) atoms. The quantitative estimate of drug-likeness (QED) is 0.777. The van der Waals surface area contributed by atoms with Crippen LogP contribution in [0, 0.1) is 0 Å². The maximum Gasteiger partial charge on any atom is 0.0944 e. The van der Waals surface area contributed by atoms with Crippen LogP contribution >= 0.6 is 11.3 Å². The third-order valence-electron chi connectivity index (χ3n) is 3.35. The lowest BCUT2D eigenvalue weighted by Gasteiger charge is -2.18. The van der Waals surface area contributed by atoms with Crippen LogP contribution in [0.2, 0.25) is 0 Å². The van der Waals surface area contributed by atoms with Gasteiger partial charge in [-0.25, -0.2) is 4.98 Å². The molecule has 2 aromatic heterocycles. The molecule has 0 saturated carbocycles. The zero-order valence-corrected chi connectivity index (χ0v) is 12.2.